The highest BCUT2D eigenvalue weighted by Crippen LogP contribution is 2.40. The molecule has 30 heavy (non-hydrogen) atoms. The lowest BCUT2D eigenvalue weighted by Gasteiger charge is -2.30. The Morgan fingerprint density at radius 3 is 2.27 bits per heavy atom. The minimum atomic E-state index is -3.80. The number of anilines is 1. The van der Waals surface area contributed by atoms with Gasteiger partial charge in [0.05, 0.1) is 6.10 Å². The summed E-state index contributed by atoms with van der Waals surface area (Å²) in [7, 11) is -3.80. The molecule has 0 aromatic heterocycles. The van der Waals surface area contributed by atoms with Gasteiger partial charge in [0.25, 0.3) is 0 Å². The fourth-order valence-electron chi connectivity index (χ4n) is 3.99. The molecule has 0 unspecified atom stereocenters. The molecule has 2 aromatic rings. The smallest absolute Gasteiger partial charge is 0.241 e. The SMILES string of the molecule is CC(C)Oc1ccc(NS(=O)(=O)CC(=O)NCC2(c3ccccc3)CCCC2)cc1. The maximum Gasteiger partial charge on any atom is 0.241 e. The first-order valence-electron chi connectivity index (χ1n) is 10.4. The zero-order valence-corrected chi connectivity index (χ0v) is 18.4. The summed E-state index contributed by atoms with van der Waals surface area (Å²) in [4.78, 5) is 12.4. The zero-order chi connectivity index (χ0) is 21.6. The summed E-state index contributed by atoms with van der Waals surface area (Å²) in [6.07, 6.45) is 4.25. The van der Waals surface area contributed by atoms with Gasteiger partial charge in [-0.15, -0.1) is 0 Å². The van der Waals surface area contributed by atoms with Crippen LogP contribution in [0.25, 0.3) is 0 Å². The van der Waals surface area contributed by atoms with E-state index in [2.05, 4.69) is 22.2 Å². The highest BCUT2D eigenvalue weighted by Gasteiger charge is 2.36. The molecule has 0 atom stereocenters. The van der Waals surface area contributed by atoms with Crippen LogP contribution in [0.15, 0.2) is 54.6 Å². The molecule has 3 rings (SSSR count). The topological polar surface area (TPSA) is 84.5 Å². The van der Waals surface area contributed by atoms with Gasteiger partial charge in [-0.3, -0.25) is 9.52 Å². The third-order valence-electron chi connectivity index (χ3n) is 5.39. The average molecular weight is 431 g/mol. The van der Waals surface area contributed by atoms with Crippen molar-refractivity contribution in [1.82, 2.24) is 5.32 Å². The van der Waals surface area contributed by atoms with Crippen LogP contribution in [0.3, 0.4) is 0 Å². The number of amides is 1. The molecule has 1 amide bonds. The fraction of sp³-hybridized carbons (Fsp3) is 0.435. The molecule has 0 bridgehead atoms. The Morgan fingerprint density at radius 2 is 1.67 bits per heavy atom. The molecule has 0 saturated heterocycles. The Kier molecular flexibility index (Phi) is 7.02. The van der Waals surface area contributed by atoms with Gasteiger partial charge in [0.15, 0.2) is 0 Å². The fourth-order valence-corrected chi connectivity index (χ4v) is 5.01. The van der Waals surface area contributed by atoms with Gasteiger partial charge in [-0.05, 0) is 56.5 Å². The van der Waals surface area contributed by atoms with Gasteiger partial charge < -0.3 is 10.1 Å². The van der Waals surface area contributed by atoms with Crippen molar-refractivity contribution in [3.63, 3.8) is 0 Å². The predicted molar refractivity (Wildman–Crippen MR) is 119 cm³/mol. The van der Waals surface area contributed by atoms with Crippen molar-refractivity contribution in [2.75, 3.05) is 17.0 Å². The summed E-state index contributed by atoms with van der Waals surface area (Å²) in [5.41, 5.74) is 1.49. The van der Waals surface area contributed by atoms with Crippen molar-refractivity contribution in [3.8, 4) is 5.75 Å². The van der Waals surface area contributed by atoms with Crippen LogP contribution in [-0.2, 0) is 20.2 Å². The lowest BCUT2D eigenvalue weighted by Crippen LogP contribution is -2.41. The van der Waals surface area contributed by atoms with E-state index in [0.717, 1.165) is 25.7 Å². The van der Waals surface area contributed by atoms with Crippen LogP contribution in [0.2, 0.25) is 0 Å². The van der Waals surface area contributed by atoms with E-state index >= 15 is 0 Å². The molecule has 0 spiro atoms. The maximum absolute atomic E-state index is 12.4. The molecule has 2 N–H and O–H groups in total. The predicted octanol–water partition coefficient (Wildman–Crippen LogP) is 3.84. The highest BCUT2D eigenvalue weighted by atomic mass is 32.2. The largest absolute Gasteiger partial charge is 0.491 e. The van der Waals surface area contributed by atoms with Gasteiger partial charge in [-0.2, -0.15) is 0 Å². The quantitative estimate of drug-likeness (QED) is 0.633. The van der Waals surface area contributed by atoms with Crippen LogP contribution in [-0.4, -0.2) is 32.7 Å². The van der Waals surface area contributed by atoms with Gasteiger partial charge in [-0.25, -0.2) is 8.42 Å². The third kappa shape index (κ3) is 5.98. The van der Waals surface area contributed by atoms with E-state index in [9.17, 15) is 13.2 Å². The van der Waals surface area contributed by atoms with E-state index in [1.165, 1.54) is 5.56 Å². The molecule has 7 heteroatoms. The zero-order valence-electron chi connectivity index (χ0n) is 17.6. The van der Waals surface area contributed by atoms with Crippen LogP contribution >= 0.6 is 0 Å². The molecule has 0 aliphatic heterocycles. The molecule has 2 aromatic carbocycles. The summed E-state index contributed by atoms with van der Waals surface area (Å²) in [5.74, 6) is -0.444. The number of hydrogen-bond acceptors (Lipinski definition) is 4. The second-order valence-electron chi connectivity index (χ2n) is 8.18. The van der Waals surface area contributed by atoms with E-state index < -0.39 is 21.7 Å². The van der Waals surface area contributed by atoms with E-state index in [4.69, 9.17) is 4.74 Å². The lowest BCUT2D eigenvalue weighted by molar-refractivity contribution is -0.118. The van der Waals surface area contributed by atoms with Gasteiger partial charge in [0.2, 0.25) is 15.9 Å². The Balaban J connectivity index is 1.57. The summed E-state index contributed by atoms with van der Waals surface area (Å²) in [6, 6.07) is 16.8. The van der Waals surface area contributed by atoms with Crippen LogP contribution in [0.1, 0.15) is 45.1 Å². The first kappa shape index (κ1) is 22.2. The van der Waals surface area contributed by atoms with Crippen LogP contribution in [0.5, 0.6) is 5.75 Å². The normalized spacial score (nSPS) is 15.7. The molecular weight excluding hydrogens is 400 g/mol. The second-order valence-corrected chi connectivity index (χ2v) is 9.90. The minimum Gasteiger partial charge on any atom is -0.491 e. The molecular formula is C23H30N2O4S. The first-order chi connectivity index (χ1) is 14.3. The summed E-state index contributed by atoms with van der Waals surface area (Å²) in [5, 5.41) is 2.86. The number of nitrogens with one attached hydrogen (secondary N) is 2. The van der Waals surface area contributed by atoms with E-state index in [-0.39, 0.29) is 11.5 Å². The molecule has 0 radical (unpaired) electrons. The van der Waals surface area contributed by atoms with Crippen molar-refractivity contribution in [1.29, 1.82) is 0 Å². The Morgan fingerprint density at radius 1 is 1.03 bits per heavy atom. The second kappa shape index (κ2) is 9.51. The molecule has 1 saturated carbocycles. The summed E-state index contributed by atoms with van der Waals surface area (Å²) >= 11 is 0. The van der Waals surface area contributed by atoms with E-state index in [0.29, 0.717) is 18.0 Å². The Hall–Kier alpha value is -2.54. The van der Waals surface area contributed by atoms with Crippen LogP contribution in [0, 0.1) is 0 Å². The molecule has 1 fully saturated rings. The number of carbonyl (C=O) groups excluding carboxylic acids is 1. The summed E-state index contributed by atoms with van der Waals surface area (Å²) in [6.45, 7) is 4.29. The number of sulfonamides is 1. The van der Waals surface area contributed by atoms with Crippen molar-refractivity contribution >= 4 is 21.6 Å². The van der Waals surface area contributed by atoms with Gasteiger partial charge in [0, 0.05) is 17.6 Å². The Labute approximate surface area is 179 Å². The Bertz CT molecular complexity index is 935. The monoisotopic (exact) mass is 430 g/mol. The average Bonchev–Trinajstić information content (AvgIpc) is 3.18. The number of hydrogen-bond donors (Lipinski definition) is 2. The number of carbonyl (C=O) groups is 1. The number of benzene rings is 2. The van der Waals surface area contributed by atoms with Crippen LogP contribution < -0.4 is 14.8 Å². The standard InChI is InChI=1S/C23H30N2O4S/c1-18(2)29-21-12-10-20(11-13-21)25-30(27,28)16-22(26)24-17-23(14-6-7-15-23)19-8-4-3-5-9-19/h3-5,8-13,18,25H,6-7,14-17H2,1-2H3,(H,24,26). The van der Waals surface area contributed by atoms with Gasteiger partial charge in [-0.1, -0.05) is 43.2 Å². The van der Waals surface area contributed by atoms with E-state index in [1.54, 1.807) is 24.3 Å². The minimum absolute atomic E-state index is 0.0373. The molecule has 0 heterocycles. The molecule has 6 nitrogen and oxygen atoms in total. The van der Waals surface area contributed by atoms with Crippen LogP contribution in [0.4, 0.5) is 5.69 Å². The lowest BCUT2D eigenvalue weighted by atomic mass is 9.79. The van der Waals surface area contributed by atoms with Gasteiger partial charge >= 0.3 is 0 Å². The number of ether oxygens (including phenoxy) is 1. The van der Waals surface area contributed by atoms with Crippen molar-refractivity contribution < 1.29 is 17.9 Å². The summed E-state index contributed by atoms with van der Waals surface area (Å²) < 4.78 is 32.8. The van der Waals surface area contributed by atoms with Crippen molar-refractivity contribution in [2.24, 2.45) is 0 Å². The van der Waals surface area contributed by atoms with Crippen molar-refractivity contribution in [3.05, 3.63) is 60.2 Å². The molecule has 1 aliphatic rings. The first-order valence-corrected chi connectivity index (χ1v) is 12.0. The van der Waals surface area contributed by atoms with E-state index in [1.807, 2.05) is 32.0 Å². The number of rotatable bonds is 9. The molecule has 162 valence electrons. The van der Waals surface area contributed by atoms with Gasteiger partial charge in [0.1, 0.15) is 11.5 Å². The maximum atomic E-state index is 12.4. The third-order valence-corrected chi connectivity index (χ3v) is 6.58. The van der Waals surface area contributed by atoms with Crippen molar-refractivity contribution in [2.45, 2.75) is 51.0 Å². The highest BCUT2D eigenvalue weighted by molar-refractivity contribution is 7.93. The molecule has 1 aliphatic carbocycles.